The summed E-state index contributed by atoms with van der Waals surface area (Å²) in [5.41, 5.74) is 1.01. The summed E-state index contributed by atoms with van der Waals surface area (Å²) < 4.78 is 19.5. The first kappa shape index (κ1) is 24.0. The number of carbonyl (C=O) groups is 1. The molecular weight excluding hydrogens is 453 g/mol. The number of benzene rings is 1. The molecule has 1 aromatic heterocycles. The molecule has 3 aliphatic rings. The zero-order valence-corrected chi connectivity index (χ0v) is 20.9. The molecule has 1 amide bonds. The van der Waals surface area contributed by atoms with Crippen molar-refractivity contribution in [3.8, 4) is 0 Å². The lowest BCUT2D eigenvalue weighted by Crippen LogP contribution is -2.38. The first-order chi connectivity index (χ1) is 16.3. The fourth-order valence-electron chi connectivity index (χ4n) is 5.83. The van der Waals surface area contributed by atoms with Crippen molar-refractivity contribution in [2.75, 3.05) is 25.0 Å². The summed E-state index contributed by atoms with van der Waals surface area (Å²) in [4.78, 5) is 19.5. The van der Waals surface area contributed by atoms with E-state index in [9.17, 15) is 9.18 Å². The van der Waals surface area contributed by atoms with Gasteiger partial charge in [0.1, 0.15) is 12.0 Å². The summed E-state index contributed by atoms with van der Waals surface area (Å²) in [6.45, 7) is 6.05. The number of carbonyl (C=O) groups excluding carboxylic acids is 1. The normalized spacial score (nSPS) is 29.9. The van der Waals surface area contributed by atoms with Crippen LogP contribution < -0.4 is 5.32 Å². The van der Waals surface area contributed by atoms with E-state index < -0.39 is 6.17 Å². The van der Waals surface area contributed by atoms with E-state index >= 15 is 0 Å². The highest BCUT2D eigenvalue weighted by Crippen LogP contribution is 2.40. The van der Waals surface area contributed by atoms with Gasteiger partial charge in [-0.3, -0.25) is 9.69 Å². The zero-order valence-electron chi connectivity index (χ0n) is 20.2. The molecule has 2 saturated heterocycles. The van der Waals surface area contributed by atoms with Gasteiger partial charge in [-0.05, 0) is 93.9 Å². The number of nitrogens with zero attached hydrogens (tertiary/aromatic N) is 2. The summed E-state index contributed by atoms with van der Waals surface area (Å²) >= 11 is 6.70. The van der Waals surface area contributed by atoms with Crippen molar-refractivity contribution in [2.24, 2.45) is 5.92 Å². The van der Waals surface area contributed by atoms with Crippen molar-refractivity contribution in [3.05, 3.63) is 35.0 Å². The maximum atomic E-state index is 13.6. The number of hydrogen-bond donors (Lipinski definition) is 1. The molecule has 34 heavy (non-hydrogen) atoms. The first-order valence-corrected chi connectivity index (χ1v) is 13.1. The molecule has 0 radical (unpaired) electrons. The molecule has 2 aliphatic heterocycles. The number of halogens is 2. The molecule has 1 N–H and O–H groups in total. The Morgan fingerprint density at radius 1 is 1.15 bits per heavy atom. The second kappa shape index (κ2) is 9.71. The van der Waals surface area contributed by atoms with Gasteiger partial charge in [-0.1, -0.05) is 11.6 Å². The van der Waals surface area contributed by atoms with Gasteiger partial charge in [-0.2, -0.15) is 0 Å². The van der Waals surface area contributed by atoms with Crippen LogP contribution >= 0.6 is 11.6 Å². The van der Waals surface area contributed by atoms with E-state index in [1.807, 2.05) is 12.1 Å². The molecule has 7 heteroatoms. The van der Waals surface area contributed by atoms with Crippen LogP contribution in [0.25, 0.3) is 10.8 Å². The van der Waals surface area contributed by atoms with Gasteiger partial charge in [0.05, 0.1) is 18.1 Å². The maximum absolute atomic E-state index is 13.6. The second-order valence-corrected chi connectivity index (χ2v) is 11.4. The molecule has 3 heterocycles. The van der Waals surface area contributed by atoms with Crippen molar-refractivity contribution < 1.29 is 13.9 Å². The van der Waals surface area contributed by atoms with E-state index in [4.69, 9.17) is 16.3 Å². The van der Waals surface area contributed by atoms with Crippen LogP contribution in [0, 0.1) is 5.92 Å². The number of fused-ring (bicyclic) bond motifs is 1. The second-order valence-electron chi connectivity index (χ2n) is 11.0. The third kappa shape index (κ3) is 5.24. The number of hydrogen-bond acceptors (Lipinski definition) is 4. The smallest absolute Gasteiger partial charge is 0.230 e. The Morgan fingerprint density at radius 3 is 2.62 bits per heavy atom. The lowest BCUT2D eigenvalue weighted by molar-refractivity contribution is -0.131. The quantitative estimate of drug-likeness (QED) is 0.566. The number of nitrogens with one attached hydrogen (secondary N) is 1. The standard InChI is InChI=1S/C27H35ClFN3O2/c1-27(2)9-7-18(16-34-27)26(33)31-25-13-19-11-23(24(28)12-20(19)14-30-25)17-3-5-22(6-4-17)32-10-8-21(29)15-32/h11-14,17-18,21-22H,3-10,15-16H2,1-2H3,(H,30,31,33). The molecule has 5 rings (SSSR count). The van der Waals surface area contributed by atoms with Gasteiger partial charge in [0.2, 0.25) is 5.91 Å². The Balaban J connectivity index is 1.26. The van der Waals surface area contributed by atoms with Gasteiger partial charge in [0.15, 0.2) is 0 Å². The number of ether oxygens (including phenoxy) is 1. The third-order valence-corrected chi connectivity index (χ3v) is 8.37. The van der Waals surface area contributed by atoms with E-state index in [1.54, 1.807) is 6.20 Å². The zero-order chi connectivity index (χ0) is 23.9. The van der Waals surface area contributed by atoms with Crippen molar-refractivity contribution in [3.63, 3.8) is 0 Å². The number of aromatic nitrogens is 1. The SMILES string of the molecule is CC1(C)CCC(C(=O)Nc2cc3cc(C4CCC(N5CCC(F)C5)CC4)c(Cl)cc3cn2)CO1. The summed E-state index contributed by atoms with van der Waals surface area (Å²) in [6.07, 6.45) is 7.78. The predicted molar refractivity (Wildman–Crippen MR) is 134 cm³/mol. The van der Waals surface area contributed by atoms with Crippen LogP contribution in [0.3, 0.4) is 0 Å². The fourth-order valence-corrected chi connectivity index (χ4v) is 6.16. The third-order valence-electron chi connectivity index (χ3n) is 8.04. The van der Waals surface area contributed by atoms with Gasteiger partial charge in [0.25, 0.3) is 0 Å². The molecule has 1 saturated carbocycles. The average Bonchev–Trinajstić information content (AvgIpc) is 3.25. The number of likely N-dealkylation sites (tertiary alicyclic amines) is 1. The van der Waals surface area contributed by atoms with Gasteiger partial charge < -0.3 is 10.1 Å². The molecule has 1 aliphatic carbocycles. The number of rotatable bonds is 4. The minimum absolute atomic E-state index is 0.0349. The van der Waals surface area contributed by atoms with Crippen LogP contribution in [0.2, 0.25) is 5.02 Å². The molecule has 1 aromatic carbocycles. The van der Waals surface area contributed by atoms with Crippen LogP contribution in [0.1, 0.15) is 70.3 Å². The molecule has 3 fully saturated rings. The van der Waals surface area contributed by atoms with Crippen molar-refractivity contribution >= 4 is 34.1 Å². The minimum atomic E-state index is -0.659. The number of alkyl halides is 1. The highest BCUT2D eigenvalue weighted by Gasteiger charge is 2.33. The highest BCUT2D eigenvalue weighted by molar-refractivity contribution is 6.32. The highest BCUT2D eigenvalue weighted by atomic mass is 35.5. The summed E-state index contributed by atoms with van der Waals surface area (Å²) in [6, 6.07) is 6.59. The molecular formula is C27H35ClFN3O2. The van der Waals surface area contributed by atoms with Crippen LogP contribution in [0.5, 0.6) is 0 Å². The van der Waals surface area contributed by atoms with Gasteiger partial charge >= 0.3 is 0 Å². The lowest BCUT2D eigenvalue weighted by atomic mass is 9.81. The Labute approximate surface area is 206 Å². The molecule has 2 aromatic rings. The Hall–Kier alpha value is -1.76. The fraction of sp³-hybridized carbons (Fsp3) is 0.630. The van der Waals surface area contributed by atoms with Gasteiger partial charge in [-0.15, -0.1) is 0 Å². The summed E-state index contributed by atoms with van der Waals surface area (Å²) in [5.74, 6) is 0.789. The van der Waals surface area contributed by atoms with E-state index in [-0.39, 0.29) is 17.4 Å². The van der Waals surface area contributed by atoms with E-state index in [0.29, 0.717) is 37.4 Å². The first-order valence-electron chi connectivity index (χ1n) is 12.7. The Kier molecular flexibility index (Phi) is 6.84. The Morgan fingerprint density at radius 2 is 1.94 bits per heavy atom. The summed E-state index contributed by atoms with van der Waals surface area (Å²) in [7, 11) is 0. The van der Waals surface area contributed by atoms with Crippen molar-refractivity contribution in [2.45, 2.75) is 82.5 Å². The monoisotopic (exact) mass is 487 g/mol. The number of anilines is 1. The topological polar surface area (TPSA) is 54.5 Å². The van der Waals surface area contributed by atoms with Crippen LogP contribution in [0.4, 0.5) is 10.2 Å². The maximum Gasteiger partial charge on any atom is 0.230 e. The van der Waals surface area contributed by atoms with Crippen LogP contribution in [-0.4, -0.2) is 53.3 Å². The molecule has 0 bridgehead atoms. The van der Waals surface area contributed by atoms with Crippen molar-refractivity contribution in [1.82, 2.24) is 9.88 Å². The summed E-state index contributed by atoms with van der Waals surface area (Å²) in [5, 5.41) is 5.77. The largest absolute Gasteiger partial charge is 0.375 e. The molecule has 184 valence electrons. The predicted octanol–water partition coefficient (Wildman–Crippen LogP) is 6.10. The van der Waals surface area contributed by atoms with E-state index in [2.05, 4.69) is 35.1 Å². The number of amides is 1. The van der Waals surface area contributed by atoms with Crippen LogP contribution in [0.15, 0.2) is 24.4 Å². The van der Waals surface area contributed by atoms with Gasteiger partial charge in [0, 0.05) is 35.7 Å². The van der Waals surface area contributed by atoms with E-state index in [1.165, 1.54) is 5.56 Å². The Bertz CT molecular complexity index is 1040. The minimum Gasteiger partial charge on any atom is -0.375 e. The molecule has 5 nitrogen and oxygen atoms in total. The molecule has 0 spiro atoms. The number of pyridine rings is 1. The van der Waals surface area contributed by atoms with Gasteiger partial charge in [-0.25, -0.2) is 9.37 Å². The van der Waals surface area contributed by atoms with E-state index in [0.717, 1.165) is 60.9 Å². The molecule has 2 unspecified atom stereocenters. The van der Waals surface area contributed by atoms with Crippen molar-refractivity contribution in [1.29, 1.82) is 0 Å². The molecule has 2 atom stereocenters. The van der Waals surface area contributed by atoms with Crippen LogP contribution in [-0.2, 0) is 9.53 Å². The average molecular weight is 488 g/mol. The lowest BCUT2D eigenvalue weighted by Gasteiger charge is -2.35.